The van der Waals surface area contributed by atoms with E-state index in [1.54, 1.807) is 36.5 Å². The summed E-state index contributed by atoms with van der Waals surface area (Å²) in [6.45, 7) is 0. The molecular weight excluding hydrogens is 446 g/mol. The molecule has 0 aliphatic heterocycles. The van der Waals surface area contributed by atoms with Gasteiger partial charge in [-0.3, -0.25) is 4.79 Å². The normalized spacial score (nSPS) is 11.4. The van der Waals surface area contributed by atoms with E-state index >= 15 is 0 Å². The van der Waals surface area contributed by atoms with Gasteiger partial charge in [0.15, 0.2) is 0 Å². The van der Waals surface area contributed by atoms with Gasteiger partial charge in [-0.05, 0) is 59.0 Å². The van der Waals surface area contributed by atoms with E-state index in [0.717, 1.165) is 12.1 Å². The average molecular weight is 457 g/mol. The Morgan fingerprint density at radius 1 is 1.12 bits per heavy atom. The van der Waals surface area contributed by atoms with Crippen molar-refractivity contribution in [3.8, 4) is 5.69 Å². The molecule has 0 atom stereocenters. The summed E-state index contributed by atoms with van der Waals surface area (Å²) in [4.78, 5) is 12.5. The minimum atomic E-state index is -4.51. The van der Waals surface area contributed by atoms with Crippen LogP contribution in [0.2, 0.25) is 0 Å². The minimum Gasteiger partial charge on any atom is -0.320 e. The molecule has 2 aromatic carbocycles. The molecule has 0 fully saturated rings. The largest absolute Gasteiger partial charge is 0.416 e. The molecule has 1 aromatic heterocycles. The summed E-state index contributed by atoms with van der Waals surface area (Å²) in [6, 6.07) is 11.6. The summed E-state index contributed by atoms with van der Waals surface area (Å²) >= 11 is 2.00. The van der Waals surface area contributed by atoms with E-state index in [-0.39, 0.29) is 5.69 Å². The van der Waals surface area contributed by atoms with Gasteiger partial charge in [-0.1, -0.05) is 12.1 Å². The van der Waals surface area contributed by atoms with Gasteiger partial charge in [0.05, 0.1) is 22.5 Å². The molecule has 1 N–H and O–H groups in total. The van der Waals surface area contributed by atoms with E-state index in [0.29, 0.717) is 14.8 Å². The van der Waals surface area contributed by atoms with E-state index in [1.807, 2.05) is 22.6 Å². The number of alkyl halides is 3. The molecule has 0 radical (unpaired) electrons. The van der Waals surface area contributed by atoms with Gasteiger partial charge in [0.1, 0.15) is 0 Å². The topological polar surface area (TPSA) is 46.9 Å². The van der Waals surface area contributed by atoms with Gasteiger partial charge in [0.2, 0.25) is 0 Å². The van der Waals surface area contributed by atoms with Gasteiger partial charge in [-0.25, -0.2) is 4.68 Å². The van der Waals surface area contributed by atoms with Crippen LogP contribution in [0.1, 0.15) is 15.9 Å². The van der Waals surface area contributed by atoms with Gasteiger partial charge >= 0.3 is 6.18 Å². The van der Waals surface area contributed by atoms with Crippen molar-refractivity contribution in [3.63, 3.8) is 0 Å². The van der Waals surface area contributed by atoms with Crippen molar-refractivity contribution in [1.82, 2.24) is 9.78 Å². The first kappa shape index (κ1) is 17.5. The molecule has 0 saturated carbocycles. The number of benzene rings is 2. The molecule has 4 nitrogen and oxygen atoms in total. The van der Waals surface area contributed by atoms with Crippen molar-refractivity contribution in [2.45, 2.75) is 6.18 Å². The highest BCUT2D eigenvalue weighted by Crippen LogP contribution is 2.33. The van der Waals surface area contributed by atoms with Crippen LogP contribution in [0.4, 0.5) is 18.9 Å². The maximum absolute atomic E-state index is 13.0. The van der Waals surface area contributed by atoms with Crippen LogP contribution in [0.25, 0.3) is 5.69 Å². The van der Waals surface area contributed by atoms with Crippen molar-refractivity contribution in [2.75, 3.05) is 5.32 Å². The van der Waals surface area contributed by atoms with Crippen molar-refractivity contribution in [3.05, 3.63) is 75.6 Å². The molecule has 3 rings (SSSR count). The molecule has 0 spiro atoms. The highest BCUT2D eigenvalue weighted by atomic mass is 127. The number of hydrogen-bond acceptors (Lipinski definition) is 2. The molecule has 128 valence electrons. The number of nitrogens with one attached hydrogen (secondary N) is 1. The number of anilines is 1. The van der Waals surface area contributed by atoms with Crippen molar-refractivity contribution >= 4 is 34.2 Å². The SMILES string of the molecule is O=C(Nc1cc(C(F)(F)F)ccc1-n1cccn1)c1ccccc1I. The van der Waals surface area contributed by atoms with Crippen LogP contribution in [0.15, 0.2) is 60.9 Å². The van der Waals surface area contributed by atoms with E-state index in [1.165, 1.54) is 16.9 Å². The first-order valence-electron chi connectivity index (χ1n) is 7.13. The monoisotopic (exact) mass is 457 g/mol. The maximum Gasteiger partial charge on any atom is 0.416 e. The molecular formula is C17H11F3IN3O. The Bertz CT molecular complexity index is 908. The zero-order valence-corrected chi connectivity index (χ0v) is 14.7. The number of carbonyl (C=O) groups is 1. The lowest BCUT2D eigenvalue weighted by molar-refractivity contribution is -0.137. The van der Waals surface area contributed by atoms with Crippen LogP contribution in [-0.4, -0.2) is 15.7 Å². The lowest BCUT2D eigenvalue weighted by atomic mass is 10.1. The molecule has 8 heteroatoms. The van der Waals surface area contributed by atoms with E-state index < -0.39 is 17.6 Å². The van der Waals surface area contributed by atoms with Crippen LogP contribution < -0.4 is 5.32 Å². The van der Waals surface area contributed by atoms with Gasteiger partial charge in [0.25, 0.3) is 5.91 Å². The predicted molar refractivity (Wildman–Crippen MR) is 95.7 cm³/mol. The summed E-state index contributed by atoms with van der Waals surface area (Å²) in [5.74, 6) is -0.488. The Hall–Kier alpha value is -2.36. The summed E-state index contributed by atoms with van der Waals surface area (Å²) < 4.78 is 41.2. The van der Waals surface area contributed by atoms with Gasteiger partial charge in [-0.15, -0.1) is 0 Å². The molecule has 0 saturated heterocycles. The molecule has 1 heterocycles. The zero-order valence-electron chi connectivity index (χ0n) is 12.6. The second kappa shape index (κ2) is 6.87. The second-order valence-electron chi connectivity index (χ2n) is 5.11. The molecule has 1 amide bonds. The molecule has 0 aliphatic carbocycles. The van der Waals surface area contributed by atoms with Crippen LogP contribution in [0, 0.1) is 3.57 Å². The highest BCUT2D eigenvalue weighted by molar-refractivity contribution is 14.1. The number of hydrogen-bond donors (Lipinski definition) is 1. The number of rotatable bonds is 3. The van der Waals surface area contributed by atoms with Crippen LogP contribution in [-0.2, 0) is 6.18 Å². The van der Waals surface area contributed by atoms with Crippen molar-refractivity contribution < 1.29 is 18.0 Å². The van der Waals surface area contributed by atoms with E-state index in [9.17, 15) is 18.0 Å². The van der Waals surface area contributed by atoms with Crippen LogP contribution >= 0.6 is 22.6 Å². The predicted octanol–water partition coefficient (Wildman–Crippen LogP) is 4.75. The average Bonchev–Trinajstić information content (AvgIpc) is 3.08. The molecule has 25 heavy (non-hydrogen) atoms. The summed E-state index contributed by atoms with van der Waals surface area (Å²) in [7, 11) is 0. The Balaban J connectivity index is 2.03. The Kier molecular flexibility index (Phi) is 4.80. The third-order valence-corrected chi connectivity index (χ3v) is 4.38. The lowest BCUT2D eigenvalue weighted by Gasteiger charge is -2.15. The number of nitrogens with zero attached hydrogens (tertiary/aromatic N) is 2. The number of halogens is 4. The summed E-state index contributed by atoms with van der Waals surface area (Å²) in [5, 5.41) is 6.58. The first-order valence-corrected chi connectivity index (χ1v) is 8.21. The first-order chi connectivity index (χ1) is 11.9. The highest BCUT2D eigenvalue weighted by Gasteiger charge is 2.31. The minimum absolute atomic E-state index is 0.0307. The second-order valence-corrected chi connectivity index (χ2v) is 6.28. The maximum atomic E-state index is 13.0. The van der Waals surface area contributed by atoms with Gasteiger partial charge in [-0.2, -0.15) is 18.3 Å². The third-order valence-electron chi connectivity index (χ3n) is 3.44. The molecule has 3 aromatic rings. The third kappa shape index (κ3) is 3.84. The Labute approximate surface area is 154 Å². The standard InChI is InChI=1S/C17H11F3IN3O/c18-17(19,20)11-6-7-15(24-9-3-8-22-24)14(10-11)23-16(25)12-4-1-2-5-13(12)21/h1-10H,(H,23,25). The molecule has 0 unspecified atom stereocenters. The van der Waals surface area contributed by atoms with Crippen molar-refractivity contribution in [1.29, 1.82) is 0 Å². The van der Waals surface area contributed by atoms with Crippen molar-refractivity contribution in [2.24, 2.45) is 0 Å². The summed E-state index contributed by atoms with van der Waals surface area (Å²) in [6.07, 6.45) is -1.42. The van der Waals surface area contributed by atoms with Crippen LogP contribution in [0.5, 0.6) is 0 Å². The number of carbonyl (C=O) groups excluding carboxylic acids is 1. The lowest BCUT2D eigenvalue weighted by Crippen LogP contribution is -2.16. The Morgan fingerprint density at radius 3 is 2.52 bits per heavy atom. The quantitative estimate of drug-likeness (QED) is 0.578. The smallest absolute Gasteiger partial charge is 0.320 e. The fraction of sp³-hybridized carbons (Fsp3) is 0.0588. The van der Waals surface area contributed by atoms with Gasteiger partial charge < -0.3 is 5.32 Å². The van der Waals surface area contributed by atoms with Crippen LogP contribution in [0.3, 0.4) is 0 Å². The van der Waals surface area contributed by atoms with E-state index in [4.69, 9.17) is 0 Å². The van der Waals surface area contributed by atoms with Gasteiger partial charge in [0, 0.05) is 16.0 Å². The molecule has 0 aliphatic rings. The fourth-order valence-electron chi connectivity index (χ4n) is 2.26. The number of amides is 1. The van der Waals surface area contributed by atoms with E-state index in [2.05, 4.69) is 10.4 Å². The number of aromatic nitrogens is 2. The molecule has 0 bridgehead atoms. The zero-order chi connectivity index (χ0) is 18.0. The summed E-state index contributed by atoms with van der Waals surface area (Å²) in [5.41, 5.74) is -0.0890. The Morgan fingerprint density at radius 2 is 1.88 bits per heavy atom. The fourth-order valence-corrected chi connectivity index (χ4v) is 2.89.